The number of amides is 1. The number of benzene rings is 3. The summed E-state index contributed by atoms with van der Waals surface area (Å²) in [6.45, 7) is 0.0748. The predicted octanol–water partition coefficient (Wildman–Crippen LogP) is 4.77. The van der Waals surface area contributed by atoms with E-state index in [1.807, 2.05) is 43.3 Å². The van der Waals surface area contributed by atoms with Crippen LogP contribution < -0.4 is 24.0 Å². The summed E-state index contributed by atoms with van der Waals surface area (Å²) in [5.74, 6) is -0.543. The number of carbonyl (C=O) groups is 2. The molecule has 1 N–H and O–H groups in total. The zero-order valence-corrected chi connectivity index (χ0v) is 20.6. The second kappa shape index (κ2) is 9.13. The van der Waals surface area contributed by atoms with Gasteiger partial charge in [-0.05, 0) is 48.0 Å². The largest absolute Gasteiger partial charge is 0.507 e. The zero-order chi connectivity index (χ0) is 25.6. The number of carbonyl (C=O) groups excluding carboxylic acids is 2. The second-order valence-electron chi connectivity index (χ2n) is 8.54. The number of aliphatic hydroxyl groups excluding tert-OH is 1. The number of nitrogens with zero attached hydrogens (tertiary/aromatic N) is 2. The minimum Gasteiger partial charge on any atom is -0.507 e. The van der Waals surface area contributed by atoms with Gasteiger partial charge in [0.25, 0.3) is 11.7 Å². The molecule has 1 fully saturated rings. The average molecular weight is 507 g/mol. The highest BCUT2D eigenvalue weighted by Crippen LogP contribution is 2.45. The highest BCUT2D eigenvalue weighted by atomic mass is 35.5. The topological polar surface area (TPSA) is 88.5 Å². The molecule has 0 bridgehead atoms. The van der Waals surface area contributed by atoms with Crippen LogP contribution in [-0.2, 0) is 9.59 Å². The summed E-state index contributed by atoms with van der Waals surface area (Å²) >= 11 is 6.15. The lowest BCUT2D eigenvalue weighted by Gasteiger charge is -2.26. The second-order valence-corrected chi connectivity index (χ2v) is 8.95. The molecule has 2 aliphatic rings. The summed E-state index contributed by atoms with van der Waals surface area (Å²) in [5, 5.41) is 11.7. The summed E-state index contributed by atoms with van der Waals surface area (Å²) in [6.07, 6.45) is 0. The van der Waals surface area contributed by atoms with E-state index < -0.39 is 17.7 Å². The van der Waals surface area contributed by atoms with Gasteiger partial charge in [0, 0.05) is 37.1 Å². The van der Waals surface area contributed by atoms with E-state index in [4.69, 9.17) is 25.8 Å². The molecule has 1 unspecified atom stereocenters. The van der Waals surface area contributed by atoms with Crippen molar-refractivity contribution in [2.75, 3.05) is 37.8 Å². The van der Waals surface area contributed by atoms with Gasteiger partial charge in [0.2, 0.25) is 6.79 Å². The maximum absolute atomic E-state index is 13.4. The Balaban J connectivity index is 1.70. The summed E-state index contributed by atoms with van der Waals surface area (Å²) < 4.78 is 16.1. The van der Waals surface area contributed by atoms with Crippen molar-refractivity contribution in [2.45, 2.75) is 6.04 Å². The Morgan fingerprint density at radius 1 is 1.03 bits per heavy atom. The molecule has 0 aromatic heterocycles. The van der Waals surface area contributed by atoms with Crippen LogP contribution in [0.15, 0.2) is 66.2 Å². The van der Waals surface area contributed by atoms with Crippen molar-refractivity contribution in [3.8, 4) is 17.2 Å². The smallest absolute Gasteiger partial charge is 0.300 e. The van der Waals surface area contributed by atoms with Crippen LogP contribution in [0.5, 0.6) is 17.2 Å². The van der Waals surface area contributed by atoms with Crippen molar-refractivity contribution in [2.24, 2.45) is 0 Å². The molecule has 36 heavy (non-hydrogen) atoms. The first kappa shape index (κ1) is 23.6. The van der Waals surface area contributed by atoms with E-state index in [1.54, 1.807) is 30.3 Å². The van der Waals surface area contributed by atoms with E-state index in [-0.39, 0.29) is 18.1 Å². The predicted molar refractivity (Wildman–Crippen MR) is 136 cm³/mol. The fourth-order valence-electron chi connectivity index (χ4n) is 4.37. The molecule has 3 aromatic rings. The Bertz CT molecular complexity index is 1400. The van der Waals surface area contributed by atoms with Crippen LogP contribution in [0.25, 0.3) is 5.76 Å². The summed E-state index contributed by atoms with van der Waals surface area (Å²) in [7, 11) is 5.29. The van der Waals surface area contributed by atoms with Gasteiger partial charge in [-0.1, -0.05) is 23.7 Å². The van der Waals surface area contributed by atoms with Gasteiger partial charge in [-0.25, -0.2) is 0 Å². The van der Waals surface area contributed by atoms with Crippen LogP contribution in [-0.4, -0.2) is 44.8 Å². The van der Waals surface area contributed by atoms with Gasteiger partial charge in [0.15, 0.2) is 11.5 Å². The van der Waals surface area contributed by atoms with E-state index in [9.17, 15) is 14.7 Å². The highest BCUT2D eigenvalue weighted by molar-refractivity contribution is 6.51. The molecule has 2 aliphatic heterocycles. The minimum atomic E-state index is -0.886. The lowest BCUT2D eigenvalue weighted by molar-refractivity contribution is -0.132. The monoisotopic (exact) mass is 506 g/mol. The van der Waals surface area contributed by atoms with Crippen LogP contribution in [0.4, 0.5) is 11.4 Å². The Morgan fingerprint density at radius 2 is 1.75 bits per heavy atom. The van der Waals surface area contributed by atoms with Gasteiger partial charge >= 0.3 is 0 Å². The number of hydrogen-bond donors (Lipinski definition) is 1. The van der Waals surface area contributed by atoms with E-state index in [2.05, 4.69) is 0 Å². The summed E-state index contributed by atoms with van der Waals surface area (Å²) in [6, 6.07) is 16.2. The number of Topliss-reactive ketones (excluding diaryl/α,β-unsaturated/α-hetero) is 1. The van der Waals surface area contributed by atoms with Crippen molar-refractivity contribution < 1.29 is 28.9 Å². The lowest BCUT2D eigenvalue weighted by Crippen LogP contribution is -2.29. The molecule has 1 atom stereocenters. The third-order valence-corrected chi connectivity index (χ3v) is 6.54. The molecule has 8 nitrogen and oxygen atoms in total. The van der Waals surface area contributed by atoms with E-state index in [0.717, 1.165) is 5.69 Å². The molecule has 0 saturated carbocycles. The normalized spacial score (nSPS) is 18.0. The SMILES string of the molecule is COc1cc(/C(O)=C2\C(=O)C(=O)N(c3ccc4c(c3)OCO4)C2c2ccc(N(C)C)cc2)ccc1Cl. The maximum Gasteiger partial charge on any atom is 0.300 e. The van der Waals surface area contributed by atoms with Crippen molar-refractivity contribution in [3.63, 3.8) is 0 Å². The molecule has 0 aliphatic carbocycles. The molecule has 1 amide bonds. The van der Waals surface area contributed by atoms with Gasteiger partial charge < -0.3 is 24.2 Å². The van der Waals surface area contributed by atoms with Gasteiger partial charge in [0.05, 0.1) is 23.7 Å². The number of ketones is 1. The molecule has 1 saturated heterocycles. The highest BCUT2D eigenvalue weighted by Gasteiger charge is 2.47. The van der Waals surface area contributed by atoms with Gasteiger partial charge in [-0.15, -0.1) is 0 Å². The number of rotatable bonds is 5. The lowest BCUT2D eigenvalue weighted by atomic mass is 9.94. The number of ether oxygens (including phenoxy) is 3. The van der Waals surface area contributed by atoms with E-state index in [0.29, 0.717) is 39.1 Å². The molecule has 2 heterocycles. The van der Waals surface area contributed by atoms with Crippen LogP contribution in [0.2, 0.25) is 5.02 Å². The quantitative estimate of drug-likeness (QED) is 0.303. The number of anilines is 2. The number of fused-ring (bicyclic) bond motifs is 1. The molecule has 0 spiro atoms. The molecule has 9 heteroatoms. The number of aliphatic hydroxyl groups is 1. The summed E-state index contributed by atoms with van der Waals surface area (Å²) in [4.78, 5) is 30.1. The van der Waals surface area contributed by atoms with Crippen LogP contribution >= 0.6 is 11.6 Å². The first-order valence-electron chi connectivity index (χ1n) is 11.1. The van der Waals surface area contributed by atoms with Crippen molar-refractivity contribution in [3.05, 3.63) is 82.4 Å². The molecule has 184 valence electrons. The Hall–Kier alpha value is -4.17. The van der Waals surface area contributed by atoms with Crippen molar-refractivity contribution in [1.29, 1.82) is 0 Å². The van der Waals surface area contributed by atoms with Crippen molar-refractivity contribution >= 4 is 40.4 Å². The first-order valence-corrected chi connectivity index (χ1v) is 11.5. The maximum atomic E-state index is 13.4. The standard InChI is InChI=1S/C27H23ClN2O6/c1-29(2)17-7-4-15(5-8-17)24-23(25(31)16-6-10-19(28)21(12-16)34-3)26(32)27(33)30(24)18-9-11-20-22(13-18)36-14-35-20/h4-13,24,31H,14H2,1-3H3/b25-23+. The van der Waals surface area contributed by atoms with Crippen LogP contribution in [0, 0.1) is 0 Å². The molecular formula is C27H23ClN2O6. The first-order chi connectivity index (χ1) is 17.3. The van der Waals surface area contributed by atoms with Gasteiger partial charge in [0.1, 0.15) is 11.5 Å². The number of halogens is 1. The molecule has 0 radical (unpaired) electrons. The van der Waals surface area contributed by atoms with E-state index in [1.165, 1.54) is 18.1 Å². The van der Waals surface area contributed by atoms with E-state index >= 15 is 0 Å². The summed E-state index contributed by atoms with van der Waals surface area (Å²) in [5.41, 5.74) is 2.30. The Kier molecular flexibility index (Phi) is 5.97. The molecule has 5 rings (SSSR count). The zero-order valence-electron chi connectivity index (χ0n) is 19.8. The fourth-order valence-corrected chi connectivity index (χ4v) is 4.56. The Labute approximate surface area is 212 Å². The van der Waals surface area contributed by atoms with Gasteiger partial charge in [-0.3, -0.25) is 14.5 Å². The molecular weight excluding hydrogens is 484 g/mol. The third-order valence-electron chi connectivity index (χ3n) is 6.23. The fraction of sp³-hybridized carbons (Fsp3) is 0.185. The number of methoxy groups -OCH3 is 1. The van der Waals surface area contributed by atoms with Crippen LogP contribution in [0.1, 0.15) is 17.2 Å². The minimum absolute atomic E-state index is 0.0420. The third kappa shape index (κ3) is 3.89. The number of hydrogen-bond acceptors (Lipinski definition) is 7. The Morgan fingerprint density at radius 3 is 2.44 bits per heavy atom. The molecule has 3 aromatic carbocycles. The van der Waals surface area contributed by atoms with Crippen molar-refractivity contribution in [1.82, 2.24) is 0 Å². The average Bonchev–Trinajstić information content (AvgIpc) is 3.45. The van der Waals surface area contributed by atoms with Crippen LogP contribution in [0.3, 0.4) is 0 Å². The van der Waals surface area contributed by atoms with Gasteiger partial charge in [-0.2, -0.15) is 0 Å².